The Morgan fingerprint density at radius 2 is 1.96 bits per heavy atom. The van der Waals surface area contributed by atoms with Crippen molar-refractivity contribution in [3.05, 3.63) is 29.6 Å². The fraction of sp³-hybridized carbons (Fsp3) is 0.727. The molecule has 0 bridgehead atoms. The maximum absolute atomic E-state index is 12.9. The van der Waals surface area contributed by atoms with Crippen molar-refractivity contribution in [1.82, 2.24) is 14.8 Å². The second-order valence-corrected chi connectivity index (χ2v) is 9.01. The Balaban J connectivity index is 1.36. The molecule has 0 aromatic carbocycles. The van der Waals surface area contributed by atoms with E-state index in [4.69, 9.17) is 0 Å². The van der Waals surface area contributed by atoms with E-state index in [1.807, 2.05) is 19.1 Å². The summed E-state index contributed by atoms with van der Waals surface area (Å²) in [5.74, 6) is 1.08. The number of amides is 1. The van der Waals surface area contributed by atoms with Gasteiger partial charge in [-0.05, 0) is 63.6 Å². The van der Waals surface area contributed by atoms with Crippen molar-refractivity contribution in [2.75, 3.05) is 32.7 Å². The van der Waals surface area contributed by atoms with Crippen molar-refractivity contribution in [2.24, 2.45) is 11.3 Å². The number of piperidine rings is 1. The number of hydrogen-bond donors (Lipinski definition) is 0. The molecule has 1 aliphatic carbocycles. The van der Waals surface area contributed by atoms with Gasteiger partial charge < -0.3 is 9.80 Å². The van der Waals surface area contributed by atoms with E-state index in [9.17, 15) is 4.79 Å². The van der Waals surface area contributed by atoms with Crippen molar-refractivity contribution in [3.8, 4) is 0 Å². The van der Waals surface area contributed by atoms with Gasteiger partial charge in [0.2, 0.25) is 0 Å². The average molecular weight is 356 g/mol. The fourth-order valence-electron chi connectivity index (χ4n) is 5.42. The van der Waals surface area contributed by atoms with Crippen LogP contribution in [-0.2, 0) is 0 Å². The largest absolute Gasteiger partial charge is 0.338 e. The lowest BCUT2D eigenvalue weighted by atomic mass is 9.78. The van der Waals surface area contributed by atoms with Crippen molar-refractivity contribution >= 4 is 5.91 Å². The molecule has 0 radical (unpaired) electrons. The number of carbonyl (C=O) groups is 1. The summed E-state index contributed by atoms with van der Waals surface area (Å²) in [7, 11) is 0. The first kappa shape index (κ1) is 18.0. The van der Waals surface area contributed by atoms with Crippen molar-refractivity contribution in [1.29, 1.82) is 0 Å². The molecule has 4 nitrogen and oxygen atoms in total. The standard InChI is InChI=1S/C22H33N3O/c1-18-8-9-20(14-23-18)21(26)25-13-11-22(17-25)10-5-12-24(16-22)15-19-6-3-2-4-7-19/h8-9,14,19H,2-7,10-13,15-17H2,1H3/t22-/m0/s1. The first-order chi connectivity index (χ1) is 12.6. The number of carbonyl (C=O) groups excluding carboxylic acids is 1. The highest BCUT2D eigenvalue weighted by molar-refractivity contribution is 5.94. The van der Waals surface area contributed by atoms with E-state index in [0.717, 1.165) is 30.3 Å². The molecule has 1 atom stereocenters. The summed E-state index contributed by atoms with van der Waals surface area (Å²) in [6.07, 6.45) is 12.6. The molecule has 3 heterocycles. The Morgan fingerprint density at radius 3 is 2.73 bits per heavy atom. The molecule has 1 aromatic rings. The molecule has 3 fully saturated rings. The summed E-state index contributed by atoms with van der Waals surface area (Å²) in [5, 5.41) is 0. The number of aromatic nitrogens is 1. The van der Waals surface area contributed by atoms with Gasteiger partial charge in [0, 0.05) is 43.5 Å². The molecule has 4 rings (SSSR count). The Hall–Kier alpha value is -1.42. The van der Waals surface area contributed by atoms with Crippen LogP contribution in [0.2, 0.25) is 0 Å². The smallest absolute Gasteiger partial charge is 0.255 e. The summed E-state index contributed by atoms with van der Waals surface area (Å²) in [6.45, 7) is 7.54. The van der Waals surface area contributed by atoms with Crippen LogP contribution >= 0.6 is 0 Å². The number of nitrogens with zero attached hydrogens (tertiary/aromatic N) is 3. The van der Waals surface area contributed by atoms with Crippen LogP contribution in [0.1, 0.15) is 67.4 Å². The molecule has 142 valence electrons. The van der Waals surface area contributed by atoms with Crippen LogP contribution in [0.5, 0.6) is 0 Å². The predicted octanol–water partition coefficient (Wildman–Crippen LogP) is 3.90. The van der Waals surface area contributed by atoms with E-state index in [1.165, 1.54) is 71.0 Å². The van der Waals surface area contributed by atoms with Gasteiger partial charge in [0.15, 0.2) is 0 Å². The third kappa shape index (κ3) is 3.95. The van der Waals surface area contributed by atoms with Crippen LogP contribution in [-0.4, -0.2) is 53.4 Å². The summed E-state index contributed by atoms with van der Waals surface area (Å²) in [4.78, 5) is 22.0. The number of aryl methyl sites for hydroxylation is 1. The monoisotopic (exact) mass is 355 g/mol. The Bertz CT molecular complexity index is 623. The average Bonchev–Trinajstić information content (AvgIpc) is 3.06. The molecule has 2 aliphatic heterocycles. The zero-order valence-electron chi connectivity index (χ0n) is 16.3. The number of pyridine rings is 1. The lowest BCUT2D eigenvalue weighted by Gasteiger charge is -2.42. The van der Waals surface area contributed by atoms with E-state index in [2.05, 4.69) is 14.8 Å². The van der Waals surface area contributed by atoms with E-state index in [0.29, 0.717) is 5.41 Å². The highest BCUT2D eigenvalue weighted by Gasteiger charge is 2.43. The van der Waals surface area contributed by atoms with Crippen molar-refractivity contribution in [3.63, 3.8) is 0 Å². The van der Waals surface area contributed by atoms with Crippen LogP contribution in [0.3, 0.4) is 0 Å². The second kappa shape index (κ2) is 7.67. The Kier molecular flexibility index (Phi) is 5.30. The van der Waals surface area contributed by atoms with Gasteiger partial charge in [0.25, 0.3) is 5.91 Å². The van der Waals surface area contributed by atoms with Gasteiger partial charge in [0.1, 0.15) is 0 Å². The topological polar surface area (TPSA) is 36.4 Å². The summed E-state index contributed by atoms with van der Waals surface area (Å²) in [6, 6.07) is 3.86. The number of hydrogen-bond acceptors (Lipinski definition) is 3. The maximum atomic E-state index is 12.9. The second-order valence-electron chi connectivity index (χ2n) is 9.01. The molecule has 0 N–H and O–H groups in total. The van der Waals surface area contributed by atoms with Gasteiger partial charge in [0.05, 0.1) is 5.56 Å². The third-order valence-corrected chi connectivity index (χ3v) is 6.87. The van der Waals surface area contributed by atoms with E-state index < -0.39 is 0 Å². The Labute approximate surface area is 158 Å². The highest BCUT2D eigenvalue weighted by Crippen LogP contribution is 2.40. The normalized spacial score (nSPS) is 28.0. The molecule has 1 amide bonds. The molecule has 1 saturated carbocycles. The summed E-state index contributed by atoms with van der Waals surface area (Å²) in [5.41, 5.74) is 2.04. The minimum Gasteiger partial charge on any atom is -0.338 e. The van der Waals surface area contributed by atoms with Gasteiger partial charge in [-0.1, -0.05) is 19.3 Å². The van der Waals surface area contributed by atoms with Crippen molar-refractivity contribution < 1.29 is 4.79 Å². The molecular formula is C22H33N3O. The quantitative estimate of drug-likeness (QED) is 0.825. The van der Waals surface area contributed by atoms with Gasteiger partial charge in [-0.2, -0.15) is 0 Å². The van der Waals surface area contributed by atoms with E-state index in [-0.39, 0.29) is 5.91 Å². The zero-order chi connectivity index (χ0) is 18.0. The first-order valence-corrected chi connectivity index (χ1v) is 10.6. The zero-order valence-corrected chi connectivity index (χ0v) is 16.3. The lowest BCUT2D eigenvalue weighted by Crippen LogP contribution is -2.47. The summed E-state index contributed by atoms with van der Waals surface area (Å²) >= 11 is 0. The highest BCUT2D eigenvalue weighted by atomic mass is 16.2. The molecule has 3 aliphatic rings. The maximum Gasteiger partial charge on any atom is 0.255 e. The first-order valence-electron chi connectivity index (χ1n) is 10.6. The Morgan fingerprint density at radius 1 is 1.12 bits per heavy atom. The van der Waals surface area contributed by atoms with Crippen LogP contribution in [0.25, 0.3) is 0 Å². The van der Waals surface area contributed by atoms with E-state index >= 15 is 0 Å². The van der Waals surface area contributed by atoms with Crippen LogP contribution < -0.4 is 0 Å². The van der Waals surface area contributed by atoms with Gasteiger partial charge >= 0.3 is 0 Å². The van der Waals surface area contributed by atoms with Gasteiger partial charge in [-0.25, -0.2) is 0 Å². The number of rotatable bonds is 3. The molecular weight excluding hydrogens is 322 g/mol. The van der Waals surface area contributed by atoms with Gasteiger partial charge in [-0.3, -0.25) is 9.78 Å². The fourth-order valence-corrected chi connectivity index (χ4v) is 5.42. The molecule has 1 aromatic heterocycles. The lowest BCUT2D eigenvalue weighted by molar-refractivity contribution is 0.0630. The van der Waals surface area contributed by atoms with Crippen LogP contribution in [0.15, 0.2) is 18.3 Å². The molecule has 0 unspecified atom stereocenters. The van der Waals surface area contributed by atoms with Gasteiger partial charge in [-0.15, -0.1) is 0 Å². The third-order valence-electron chi connectivity index (χ3n) is 6.87. The number of likely N-dealkylation sites (tertiary alicyclic amines) is 2. The molecule has 4 heteroatoms. The predicted molar refractivity (Wildman–Crippen MR) is 104 cm³/mol. The van der Waals surface area contributed by atoms with Crippen molar-refractivity contribution in [2.45, 2.75) is 58.3 Å². The van der Waals surface area contributed by atoms with Crippen LogP contribution in [0.4, 0.5) is 0 Å². The minimum atomic E-state index is 0.166. The molecule has 2 saturated heterocycles. The van der Waals surface area contributed by atoms with Crippen LogP contribution in [0, 0.1) is 18.3 Å². The molecule has 26 heavy (non-hydrogen) atoms. The van der Waals surface area contributed by atoms with E-state index in [1.54, 1.807) is 6.20 Å². The summed E-state index contributed by atoms with van der Waals surface area (Å²) < 4.78 is 0. The minimum absolute atomic E-state index is 0.166. The molecule has 1 spiro atoms. The SMILES string of the molecule is Cc1ccc(C(=O)N2CC[C@]3(CCCN(CC4CCCCC4)C3)C2)cn1.